The summed E-state index contributed by atoms with van der Waals surface area (Å²) < 4.78 is 5.26. The molecule has 0 aromatic heterocycles. The number of ketones is 1. The molecular formula is C21H19NO5. The third kappa shape index (κ3) is 3.38. The van der Waals surface area contributed by atoms with Gasteiger partial charge in [0.2, 0.25) is 5.78 Å². The number of hydrogen-bond acceptors (Lipinski definition) is 5. The number of benzene rings is 2. The second-order valence-electron chi connectivity index (χ2n) is 6.39. The largest absolute Gasteiger partial charge is 0.451 e. The number of nitrogens with zero attached hydrogens (tertiary/aromatic N) is 1. The van der Waals surface area contributed by atoms with Crippen LogP contribution in [-0.2, 0) is 11.2 Å². The molecule has 0 bridgehead atoms. The smallest absolute Gasteiger partial charge is 0.338 e. The zero-order valence-corrected chi connectivity index (χ0v) is 15.3. The Morgan fingerprint density at radius 3 is 2.19 bits per heavy atom. The van der Waals surface area contributed by atoms with Gasteiger partial charge >= 0.3 is 5.97 Å². The maximum Gasteiger partial charge on any atom is 0.338 e. The minimum atomic E-state index is -0.974. The van der Waals surface area contributed by atoms with Crippen molar-refractivity contribution in [2.24, 2.45) is 0 Å². The van der Waals surface area contributed by atoms with Crippen LogP contribution in [0, 0.1) is 0 Å². The fourth-order valence-electron chi connectivity index (χ4n) is 2.91. The van der Waals surface area contributed by atoms with Gasteiger partial charge in [0.1, 0.15) is 0 Å². The van der Waals surface area contributed by atoms with Gasteiger partial charge in [0.05, 0.1) is 16.7 Å². The number of hydrogen-bond donors (Lipinski definition) is 0. The molecule has 3 rings (SSSR count). The molecule has 0 fully saturated rings. The van der Waals surface area contributed by atoms with E-state index < -0.39 is 23.9 Å². The summed E-state index contributed by atoms with van der Waals surface area (Å²) in [5.41, 5.74) is 2.10. The Morgan fingerprint density at radius 1 is 0.963 bits per heavy atom. The topological polar surface area (TPSA) is 80.8 Å². The Morgan fingerprint density at radius 2 is 1.56 bits per heavy atom. The molecule has 0 unspecified atom stereocenters. The van der Waals surface area contributed by atoms with E-state index in [-0.39, 0.29) is 22.5 Å². The lowest BCUT2D eigenvalue weighted by Crippen LogP contribution is -2.25. The lowest BCUT2D eigenvalue weighted by molar-refractivity contribution is 0.0318. The van der Waals surface area contributed by atoms with Crippen LogP contribution in [0.3, 0.4) is 0 Å². The summed E-state index contributed by atoms with van der Waals surface area (Å²) in [6.45, 7) is 3.53. The van der Waals surface area contributed by atoms with Crippen molar-refractivity contribution in [3.05, 3.63) is 70.3 Å². The quantitative estimate of drug-likeness (QED) is 0.462. The molecule has 2 aromatic rings. The zero-order valence-electron chi connectivity index (χ0n) is 15.3. The summed E-state index contributed by atoms with van der Waals surface area (Å²) >= 11 is 0. The molecule has 27 heavy (non-hydrogen) atoms. The Bertz CT molecular complexity index is 946. The molecule has 6 nitrogen and oxygen atoms in total. The minimum Gasteiger partial charge on any atom is -0.451 e. The van der Waals surface area contributed by atoms with Crippen LogP contribution in [0.1, 0.15) is 60.8 Å². The van der Waals surface area contributed by atoms with E-state index in [0.717, 1.165) is 16.9 Å². The van der Waals surface area contributed by atoms with Crippen LogP contribution in [0.5, 0.6) is 0 Å². The van der Waals surface area contributed by atoms with Gasteiger partial charge in [-0.05, 0) is 37.1 Å². The molecule has 1 aliphatic rings. The van der Waals surface area contributed by atoms with Gasteiger partial charge in [-0.3, -0.25) is 19.3 Å². The average molecular weight is 365 g/mol. The molecule has 138 valence electrons. The number of imide groups is 1. The molecule has 0 saturated carbocycles. The van der Waals surface area contributed by atoms with Gasteiger partial charge in [0.15, 0.2) is 6.10 Å². The maximum atomic E-state index is 12.5. The van der Waals surface area contributed by atoms with E-state index >= 15 is 0 Å². The van der Waals surface area contributed by atoms with Gasteiger partial charge in [-0.15, -0.1) is 0 Å². The molecule has 1 heterocycles. The molecule has 6 heteroatoms. The first kappa shape index (κ1) is 18.5. The molecule has 0 radical (unpaired) electrons. The van der Waals surface area contributed by atoms with Crippen LogP contribution in [-0.4, -0.2) is 41.6 Å². The van der Waals surface area contributed by atoms with Crippen molar-refractivity contribution in [3.63, 3.8) is 0 Å². The average Bonchev–Trinajstić information content (AvgIpc) is 2.91. The van der Waals surface area contributed by atoms with Gasteiger partial charge in [-0.1, -0.05) is 31.2 Å². The Labute approximate surface area is 156 Å². The van der Waals surface area contributed by atoms with Gasteiger partial charge < -0.3 is 4.74 Å². The molecule has 0 aliphatic carbocycles. The highest BCUT2D eigenvalue weighted by atomic mass is 16.5. The van der Waals surface area contributed by atoms with Crippen LogP contribution in [0.2, 0.25) is 0 Å². The first-order valence-corrected chi connectivity index (χ1v) is 8.64. The number of carbonyl (C=O) groups excluding carboxylic acids is 4. The number of aryl methyl sites for hydroxylation is 1. The number of amides is 2. The first-order valence-electron chi connectivity index (χ1n) is 8.64. The second-order valence-corrected chi connectivity index (χ2v) is 6.39. The normalized spacial score (nSPS) is 14.1. The molecule has 0 saturated heterocycles. The molecule has 2 aromatic carbocycles. The second kappa shape index (κ2) is 7.15. The minimum absolute atomic E-state index is 0.117. The monoisotopic (exact) mass is 365 g/mol. The maximum absolute atomic E-state index is 12.5. The first-order chi connectivity index (χ1) is 12.8. The predicted octanol–water partition coefficient (Wildman–Crippen LogP) is 2.90. The van der Waals surface area contributed by atoms with Crippen LogP contribution in [0.15, 0.2) is 42.5 Å². The molecule has 2 amide bonds. The van der Waals surface area contributed by atoms with Crippen molar-refractivity contribution in [1.29, 1.82) is 0 Å². The summed E-state index contributed by atoms with van der Waals surface area (Å²) in [7, 11) is 1.38. The highest BCUT2D eigenvalue weighted by Gasteiger charge is 2.33. The molecule has 1 aliphatic heterocycles. The lowest BCUT2D eigenvalue weighted by Gasteiger charge is -2.13. The van der Waals surface area contributed by atoms with E-state index in [1.807, 2.05) is 19.1 Å². The summed E-state index contributed by atoms with van der Waals surface area (Å²) in [6.07, 6.45) is -0.105. The summed E-state index contributed by atoms with van der Waals surface area (Å²) in [4.78, 5) is 49.8. The Kier molecular flexibility index (Phi) is 4.90. The summed E-state index contributed by atoms with van der Waals surface area (Å²) in [5.74, 6) is -1.91. The highest BCUT2D eigenvalue weighted by Crippen LogP contribution is 2.23. The lowest BCUT2D eigenvalue weighted by atomic mass is 10.0. The number of rotatable bonds is 5. The van der Waals surface area contributed by atoms with Crippen molar-refractivity contribution >= 4 is 23.6 Å². The van der Waals surface area contributed by atoms with E-state index in [1.54, 1.807) is 12.1 Å². The molecule has 0 spiro atoms. The number of ether oxygens (including phenoxy) is 1. The van der Waals surface area contributed by atoms with E-state index in [9.17, 15) is 19.2 Å². The zero-order chi connectivity index (χ0) is 19.7. The fraction of sp³-hybridized carbons (Fsp3) is 0.238. The van der Waals surface area contributed by atoms with Gasteiger partial charge in [-0.25, -0.2) is 4.79 Å². The van der Waals surface area contributed by atoms with Crippen molar-refractivity contribution in [2.45, 2.75) is 26.4 Å². The number of esters is 1. The van der Waals surface area contributed by atoms with Crippen molar-refractivity contribution < 1.29 is 23.9 Å². The SMILES string of the molecule is CCc1ccc(C(=O)[C@H](C)OC(=O)c2ccc3c(c2)C(=O)N(C)C3=O)cc1. The predicted molar refractivity (Wildman–Crippen MR) is 97.9 cm³/mol. The van der Waals surface area contributed by atoms with Crippen LogP contribution in [0.25, 0.3) is 0 Å². The van der Waals surface area contributed by atoms with Crippen molar-refractivity contribution in [2.75, 3.05) is 7.05 Å². The number of Topliss-reactive ketones (excluding diaryl/α,β-unsaturated/α-hetero) is 1. The van der Waals surface area contributed by atoms with Crippen LogP contribution in [0.4, 0.5) is 0 Å². The summed E-state index contributed by atoms with van der Waals surface area (Å²) in [5, 5.41) is 0. The van der Waals surface area contributed by atoms with Gasteiger partial charge in [0.25, 0.3) is 11.8 Å². The standard InChI is InChI=1S/C21H19NO5/c1-4-13-5-7-14(8-6-13)18(23)12(2)27-21(26)15-9-10-16-17(11-15)20(25)22(3)19(16)24/h5-12H,4H2,1-3H3/t12-/m0/s1. The van der Waals surface area contributed by atoms with Crippen molar-refractivity contribution in [1.82, 2.24) is 4.90 Å². The molecule has 0 N–H and O–H groups in total. The number of fused-ring (bicyclic) bond motifs is 1. The third-order valence-electron chi connectivity index (χ3n) is 4.63. The van der Waals surface area contributed by atoms with E-state index in [1.165, 1.54) is 32.2 Å². The van der Waals surface area contributed by atoms with Crippen molar-refractivity contribution in [3.8, 4) is 0 Å². The fourth-order valence-corrected chi connectivity index (χ4v) is 2.91. The highest BCUT2D eigenvalue weighted by molar-refractivity contribution is 6.21. The van der Waals surface area contributed by atoms with E-state index in [2.05, 4.69) is 0 Å². The Hall–Kier alpha value is -3.28. The van der Waals surface area contributed by atoms with Crippen LogP contribution < -0.4 is 0 Å². The van der Waals surface area contributed by atoms with E-state index in [0.29, 0.717) is 5.56 Å². The number of carbonyl (C=O) groups is 4. The van der Waals surface area contributed by atoms with E-state index in [4.69, 9.17) is 4.74 Å². The Balaban J connectivity index is 1.74. The molecule has 1 atom stereocenters. The molecular weight excluding hydrogens is 346 g/mol. The third-order valence-corrected chi connectivity index (χ3v) is 4.63. The van der Waals surface area contributed by atoms with Gasteiger partial charge in [0, 0.05) is 12.6 Å². The summed E-state index contributed by atoms with van der Waals surface area (Å²) in [6, 6.07) is 11.3. The van der Waals surface area contributed by atoms with Gasteiger partial charge in [-0.2, -0.15) is 0 Å². The van der Waals surface area contributed by atoms with Crippen LogP contribution >= 0.6 is 0 Å².